The summed E-state index contributed by atoms with van der Waals surface area (Å²) in [6.07, 6.45) is 0. The molecule has 72 valence electrons. The zero-order valence-corrected chi connectivity index (χ0v) is 9.77. The molecule has 3 nitrogen and oxygen atoms in total. The van der Waals surface area contributed by atoms with E-state index in [1.54, 1.807) is 18.2 Å². The first-order chi connectivity index (χ1) is 6.65. The van der Waals surface area contributed by atoms with Gasteiger partial charge >= 0.3 is 0 Å². The van der Waals surface area contributed by atoms with Gasteiger partial charge in [-0.15, -0.1) is 10.2 Å². The van der Waals surface area contributed by atoms with E-state index in [9.17, 15) is 0 Å². The lowest BCUT2D eigenvalue weighted by molar-refractivity contribution is 0.540. The number of hydrogen-bond acceptors (Lipinski definition) is 3. The zero-order chi connectivity index (χ0) is 10.1. The fourth-order valence-electron chi connectivity index (χ4n) is 0.999. The van der Waals surface area contributed by atoms with Crippen LogP contribution < -0.4 is 0 Å². The molecule has 0 aliphatic rings. The van der Waals surface area contributed by atoms with Gasteiger partial charge in [0.2, 0.25) is 5.89 Å². The van der Waals surface area contributed by atoms with Gasteiger partial charge in [0.25, 0.3) is 4.80 Å². The first kappa shape index (κ1) is 9.96. The largest absolute Gasteiger partial charge is 0.411 e. The van der Waals surface area contributed by atoms with Crippen LogP contribution in [0, 0.1) is 0 Å². The molecule has 6 heteroatoms. The minimum Gasteiger partial charge on any atom is -0.411 e. The average molecular weight is 294 g/mol. The average Bonchev–Trinajstić information content (AvgIpc) is 2.50. The highest BCUT2D eigenvalue weighted by atomic mass is 79.9. The van der Waals surface area contributed by atoms with Gasteiger partial charge in [-0.3, -0.25) is 0 Å². The highest BCUT2D eigenvalue weighted by Gasteiger charge is 2.08. The molecular formula is C8H3BrCl2N2O. The molecule has 0 bridgehead atoms. The normalized spacial score (nSPS) is 10.5. The van der Waals surface area contributed by atoms with Crippen molar-refractivity contribution in [3.63, 3.8) is 0 Å². The van der Waals surface area contributed by atoms with Crippen molar-refractivity contribution >= 4 is 39.1 Å². The topological polar surface area (TPSA) is 38.9 Å². The second-order valence-electron chi connectivity index (χ2n) is 2.52. The molecule has 0 amide bonds. The second-order valence-corrected chi connectivity index (χ2v) is 4.07. The Morgan fingerprint density at radius 3 is 2.21 bits per heavy atom. The number of aromatic nitrogens is 2. The van der Waals surface area contributed by atoms with Crippen molar-refractivity contribution in [2.45, 2.75) is 0 Å². The van der Waals surface area contributed by atoms with Crippen LogP contribution >= 0.6 is 39.1 Å². The van der Waals surface area contributed by atoms with Gasteiger partial charge in [0.05, 0.1) is 0 Å². The van der Waals surface area contributed by atoms with Gasteiger partial charge in [-0.25, -0.2) is 0 Å². The highest BCUT2D eigenvalue weighted by molar-refractivity contribution is 9.10. The van der Waals surface area contributed by atoms with Crippen LogP contribution in [0.1, 0.15) is 0 Å². The molecule has 2 aromatic rings. The number of rotatable bonds is 1. The quantitative estimate of drug-likeness (QED) is 0.802. The lowest BCUT2D eigenvalue weighted by Gasteiger charge is -1.96. The maximum absolute atomic E-state index is 5.82. The minimum atomic E-state index is 0.323. The Balaban J connectivity index is 2.51. The van der Waals surface area contributed by atoms with E-state index in [1.807, 2.05) is 0 Å². The van der Waals surface area contributed by atoms with E-state index >= 15 is 0 Å². The van der Waals surface area contributed by atoms with Gasteiger partial charge in [-0.2, -0.15) is 0 Å². The van der Waals surface area contributed by atoms with Crippen molar-refractivity contribution < 1.29 is 4.42 Å². The molecule has 0 aliphatic carbocycles. The molecule has 0 saturated carbocycles. The number of halogens is 3. The number of hydrogen-bond donors (Lipinski definition) is 0. The summed E-state index contributed by atoms with van der Waals surface area (Å²) in [6.45, 7) is 0. The van der Waals surface area contributed by atoms with Crippen LogP contribution in [-0.2, 0) is 0 Å². The summed E-state index contributed by atoms with van der Waals surface area (Å²) < 4.78 is 5.16. The van der Waals surface area contributed by atoms with Crippen molar-refractivity contribution in [1.29, 1.82) is 0 Å². The maximum Gasteiger partial charge on any atom is 0.285 e. The van der Waals surface area contributed by atoms with Crippen LogP contribution in [0.3, 0.4) is 0 Å². The third-order valence-corrected chi connectivity index (χ3v) is 2.27. The summed E-state index contributed by atoms with van der Waals surface area (Å²) >= 11 is 14.7. The molecule has 0 N–H and O–H groups in total. The first-order valence-electron chi connectivity index (χ1n) is 3.60. The molecule has 0 spiro atoms. The zero-order valence-electron chi connectivity index (χ0n) is 6.67. The highest BCUT2D eigenvalue weighted by Crippen LogP contribution is 2.26. The molecule has 1 aromatic carbocycles. The van der Waals surface area contributed by atoms with Crippen LogP contribution in [0.25, 0.3) is 11.5 Å². The summed E-state index contributed by atoms with van der Waals surface area (Å²) in [4.78, 5) is 0.323. The monoisotopic (exact) mass is 292 g/mol. The lowest BCUT2D eigenvalue weighted by atomic mass is 10.2. The fraction of sp³-hybridized carbons (Fsp3) is 0. The van der Waals surface area contributed by atoms with Crippen molar-refractivity contribution in [1.82, 2.24) is 10.2 Å². The smallest absolute Gasteiger partial charge is 0.285 e. The Morgan fingerprint density at radius 1 is 1.07 bits per heavy atom. The Labute approximate surface area is 98.2 Å². The Morgan fingerprint density at radius 2 is 1.71 bits per heavy atom. The molecule has 0 radical (unpaired) electrons. The number of nitrogens with zero attached hydrogens (tertiary/aromatic N) is 2. The molecule has 2 rings (SSSR count). The minimum absolute atomic E-state index is 0.323. The third-order valence-electron chi connectivity index (χ3n) is 1.51. The second kappa shape index (κ2) is 3.88. The Bertz CT molecular complexity index is 452. The van der Waals surface area contributed by atoms with Gasteiger partial charge in [-0.05, 0) is 18.2 Å². The van der Waals surface area contributed by atoms with E-state index < -0.39 is 0 Å². The molecule has 1 heterocycles. The van der Waals surface area contributed by atoms with E-state index in [1.165, 1.54) is 0 Å². The van der Waals surface area contributed by atoms with Gasteiger partial charge in [0.15, 0.2) is 0 Å². The standard InChI is InChI=1S/C8H3BrCl2N2O/c9-8-13-12-7(14-8)4-1-5(10)3-6(11)2-4/h1-3H. The molecular weight excluding hydrogens is 291 g/mol. The summed E-state index contributed by atoms with van der Waals surface area (Å²) in [5.74, 6) is 0.376. The lowest BCUT2D eigenvalue weighted by Crippen LogP contribution is -1.78. The van der Waals surface area contributed by atoms with Gasteiger partial charge in [-0.1, -0.05) is 23.2 Å². The van der Waals surface area contributed by atoms with Crippen molar-refractivity contribution in [3.05, 3.63) is 33.0 Å². The van der Waals surface area contributed by atoms with E-state index in [-0.39, 0.29) is 0 Å². The van der Waals surface area contributed by atoms with Crippen molar-refractivity contribution in [3.8, 4) is 11.5 Å². The van der Waals surface area contributed by atoms with Gasteiger partial charge < -0.3 is 4.42 Å². The number of benzene rings is 1. The van der Waals surface area contributed by atoms with Crippen LogP contribution in [0.4, 0.5) is 0 Å². The summed E-state index contributed by atoms with van der Waals surface area (Å²) in [7, 11) is 0. The predicted molar refractivity (Wildman–Crippen MR) is 57.5 cm³/mol. The molecule has 0 aliphatic heterocycles. The fourth-order valence-corrected chi connectivity index (χ4v) is 1.76. The molecule has 0 atom stereocenters. The SMILES string of the molecule is Clc1cc(Cl)cc(-c2nnc(Br)o2)c1. The van der Waals surface area contributed by atoms with Crippen LogP contribution in [0.15, 0.2) is 27.4 Å². The third kappa shape index (κ3) is 2.08. The maximum atomic E-state index is 5.82. The van der Waals surface area contributed by atoms with Gasteiger partial charge in [0.1, 0.15) is 0 Å². The molecule has 0 fully saturated rings. The van der Waals surface area contributed by atoms with Crippen molar-refractivity contribution in [2.24, 2.45) is 0 Å². The molecule has 0 saturated heterocycles. The molecule has 14 heavy (non-hydrogen) atoms. The van der Waals surface area contributed by atoms with E-state index in [4.69, 9.17) is 27.6 Å². The summed E-state index contributed by atoms with van der Waals surface area (Å²) in [5, 5.41) is 8.51. The van der Waals surface area contributed by atoms with E-state index in [2.05, 4.69) is 26.1 Å². The van der Waals surface area contributed by atoms with Crippen LogP contribution in [0.2, 0.25) is 10.0 Å². The van der Waals surface area contributed by atoms with Crippen molar-refractivity contribution in [2.75, 3.05) is 0 Å². The summed E-state index contributed by atoms with van der Waals surface area (Å²) in [6, 6.07) is 5.04. The van der Waals surface area contributed by atoms with E-state index in [0.29, 0.717) is 26.3 Å². The first-order valence-corrected chi connectivity index (χ1v) is 5.15. The Hall–Kier alpha value is -0.580. The molecule has 0 unspecified atom stereocenters. The predicted octanol–water partition coefficient (Wildman–Crippen LogP) is 3.81. The summed E-state index contributed by atoms with van der Waals surface area (Å²) in [5.41, 5.74) is 0.695. The van der Waals surface area contributed by atoms with Crippen LogP contribution in [-0.4, -0.2) is 10.2 Å². The molecule has 1 aromatic heterocycles. The Kier molecular flexibility index (Phi) is 2.76. The van der Waals surface area contributed by atoms with Crippen LogP contribution in [0.5, 0.6) is 0 Å². The van der Waals surface area contributed by atoms with Gasteiger partial charge in [0, 0.05) is 31.5 Å². The van der Waals surface area contributed by atoms with E-state index in [0.717, 1.165) is 0 Å².